The molecule has 6 heteroatoms. The Morgan fingerprint density at radius 2 is 2.30 bits per heavy atom. The molecule has 0 saturated heterocycles. The van der Waals surface area contributed by atoms with E-state index in [-0.39, 0.29) is 0 Å². The Kier molecular flexibility index (Phi) is 3.61. The molecular formula is C14H15N5O. The normalized spacial score (nSPS) is 14.6. The molecule has 102 valence electrons. The Morgan fingerprint density at radius 3 is 3.20 bits per heavy atom. The van der Waals surface area contributed by atoms with Crippen molar-refractivity contribution in [1.82, 2.24) is 19.7 Å². The van der Waals surface area contributed by atoms with Gasteiger partial charge in [-0.05, 0) is 18.2 Å². The number of fused-ring (bicyclic) bond motifs is 1. The molecule has 1 aromatic carbocycles. The summed E-state index contributed by atoms with van der Waals surface area (Å²) in [5.41, 5.74) is 0.619. The molecule has 1 aromatic heterocycles. The van der Waals surface area contributed by atoms with Gasteiger partial charge in [-0.15, -0.1) is 10.2 Å². The lowest BCUT2D eigenvalue weighted by Gasteiger charge is -2.26. The Balaban J connectivity index is 1.50. The van der Waals surface area contributed by atoms with Crippen molar-refractivity contribution in [2.45, 2.75) is 13.1 Å². The highest BCUT2D eigenvalue weighted by Gasteiger charge is 2.16. The van der Waals surface area contributed by atoms with Crippen LogP contribution in [0.15, 0.2) is 30.6 Å². The summed E-state index contributed by atoms with van der Waals surface area (Å²) in [5.74, 6) is 1.74. The minimum Gasteiger partial charge on any atom is -0.492 e. The first kappa shape index (κ1) is 12.6. The van der Waals surface area contributed by atoms with E-state index in [1.807, 2.05) is 12.1 Å². The van der Waals surface area contributed by atoms with E-state index in [0.717, 1.165) is 37.8 Å². The fourth-order valence-electron chi connectivity index (χ4n) is 2.26. The fraction of sp³-hybridized carbons (Fsp3) is 0.357. The molecule has 2 heterocycles. The summed E-state index contributed by atoms with van der Waals surface area (Å²) in [4.78, 5) is 2.29. The lowest BCUT2D eigenvalue weighted by Crippen LogP contribution is -2.36. The molecule has 0 fully saturated rings. The van der Waals surface area contributed by atoms with Gasteiger partial charge in [-0.2, -0.15) is 5.26 Å². The third kappa shape index (κ3) is 2.78. The van der Waals surface area contributed by atoms with Crippen LogP contribution < -0.4 is 4.74 Å². The van der Waals surface area contributed by atoms with E-state index < -0.39 is 0 Å². The summed E-state index contributed by atoms with van der Waals surface area (Å²) < 4.78 is 7.76. The van der Waals surface area contributed by atoms with Crippen LogP contribution in [0.4, 0.5) is 0 Å². The van der Waals surface area contributed by atoms with Crippen molar-refractivity contribution in [3.05, 3.63) is 42.0 Å². The molecule has 20 heavy (non-hydrogen) atoms. The summed E-state index contributed by atoms with van der Waals surface area (Å²) in [6.45, 7) is 4.15. The zero-order valence-corrected chi connectivity index (χ0v) is 11.1. The molecule has 2 aromatic rings. The summed E-state index contributed by atoms with van der Waals surface area (Å²) in [7, 11) is 0. The van der Waals surface area contributed by atoms with E-state index in [1.54, 1.807) is 18.5 Å². The van der Waals surface area contributed by atoms with Gasteiger partial charge in [-0.25, -0.2) is 0 Å². The third-order valence-corrected chi connectivity index (χ3v) is 3.36. The number of hydrogen-bond acceptors (Lipinski definition) is 5. The Bertz CT molecular complexity index is 630. The molecular weight excluding hydrogens is 254 g/mol. The minimum absolute atomic E-state index is 0.600. The third-order valence-electron chi connectivity index (χ3n) is 3.36. The number of hydrogen-bond donors (Lipinski definition) is 0. The maximum absolute atomic E-state index is 8.83. The molecule has 0 spiro atoms. The zero-order chi connectivity index (χ0) is 13.8. The predicted molar refractivity (Wildman–Crippen MR) is 72.0 cm³/mol. The van der Waals surface area contributed by atoms with Gasteiger partial charge in [-0.3, -0.25) is 4.90 Å². The monoisotopic (exact) mass is 269 g/mol. The van der Waals surface area contributed by atoms with Crippen molar-refractivity contribution in [3.63, 3.8) is 0 Å². The maximum atomic E-state index is 8.83. The average Bonchev–Trinajstić information content (AvgIpc) is 2.95. The van der Waals surface area contributed by atoms with E-state index in [0.29, 0.717) is 12.2 Å². The topological polar surface area (TPSA) is 67.0 Å². The van der Waals surface area contributed by atoms with Crippen LogP contribution in [0.3, 0.4) is 0 Å². The number of aromatic nitrogens is 3. The molecule has 1 aliphatic heterocycles. The lowest BCUT2D eigenvalue weighted by molar-refractivity contribution is 0.174. The molecule has 0 radical (unpaired) electrons. The SMILES string of the molecule is N#Cc1cccc(OCCN2CCn3cnnc3C2)c1. The van der Waals surface area contributed by atoms with Crippen LogP contribution in [0.2, 0.25) is 0 Å². The number of rotatable bonds is 4. The second kappa shape index (κ2) is 5.72. The van der Waals surface area contributed by atoms with Gasteiger partial charge in [0.15, 0.2) is 0 Å². The number of benzene rings is 1. The van der Waals surface area contributed by atoms with Crippen molar-refractivity contribution < 1.29 is 4.74 Å². The van der Waals surface area contributed by atoms with E-state index in [1.165, 1.54) is 0 Å². The molecule has 1 aliphatic rings. The molecule has 0 saturated carbocycles. The number of nitriles is 1. The Hall–Kier alpha value is -2.39. The van der Waals surface area contributed by atoms with Crippen molar-refractivity contribution in [3.8, 4) is 11.8 Å². The Labute approximate surface area is 117 Å². The summed E-state index contributed by atoms with van der Waals surface area (Å²) in [6.07, 6.45) is 1.77. The van der Waals surface area contributed by atoms with Gasteiger partial charge in [0.25, 0.3) is 0 Å². The smallest absolute Gasteiger partial charge is 0.147 e. The average molecular weight is 269 g/mol. The number of ether oxygens (including phenoxy) is 1. The molecule has 0 unspecified atom stereocenters. The quantitative estimate of drug-likeness (QED) is 0.829. The maximum Gasteiger partial charge on any atom is 0.147 e. The highest BCUT2D eigenvalue weighted by molar-refractivity contribution is 5.36. The molecule has 3 rings (SSSR count). The van der Waals surface area contributed by atoms with E-state index in [4.69, 9.17) is 10.00 Å². The molecule has 0 amide bonds. The van der Waals surface area contributed by atoms with Crippen molar-refractivity contribution in [2.24, 2.45) is 0 Å². The van der Waals surface area contributed by atoms with Crippen LogP contribution in [-0.2, 0) is 13.1 Å². The first-order valence-corrected chi connectivity index (χ1v) is 6.57. The highest BCUT2D eigenvalue weighted by Crippen LogP contribution is 2.13. The van der Waals surface area contributed by atoms with Crippen LogP contribution in [0.1, 0.15) is 11.4 Å². The van der Waals surface area contributed by atoms with E-state index in [9.17, 15) is 0 Å². The van der Waals surface area contributed by atoms with Crippen LogP contribution in [0.25, 0.3) is 0 Å². The molecule has 6 nitrogen and oxygen atoms in total. The van der Waals surface area contributed by atoms with Gasteiger partial charge < -0.3 is 9.30 Å². The fourth-order valence-corrected chi connectivity index (χ4v) is 2.26. The molecule has 0 aliphatic carbocycles. The van der Waals surface area contributed by atoms with Gasteiger partial charge in [0.05, 0.1) is 18.2 Å². The van der Waals surface area contributed by atoms with Crippen molar-refractivity contribution in [1.29, 1.82) is 5.26 Å². The predicted octanol–water partition coefficient (Wildman–Crippen LogP) is 1.04. The van der Waals surface area contributed by atoms with Gasteiger partial charge in [0.2, 0.25) is 0 Å². The summed E-state index contributed by atoms with van der Waals surface area (Å²) in [6, 6.07) is 9.33. The van der Waals surface area contributed by atoms with Crippen molar-refractivity contribution >= 4 is 0 Å². The second-order valence-electron chi connectivity index (χ2n) is 4.70. The van der Waals surface area contributed by atoms with Crippen LogP contribution in [-0.4, -0.2) is 39.4 Å². The molecule has 0 N–H and O–H groups in total. The first-order chi connectivity index (χ1) is 9.85. The van der Waals surface area contributed by atoms with Gasteiger partial charge in [0.1, 0.15) is 24.5 Å². The van der Waals surface area contributed by atoms with E-state index >= 15 is 0 Å². The van der Waals surface area contributed by atoms with Crippen LogP contribution in [0.5, 0.6) is 5.75 Å². The minimum atomic E-state index is 0.600. The summed E-state index contributed by atoms with van der Waals surface area (Å²) in [5, 5.41) is 16.8. The second-order valence-corrected chi connectivity index (χ2v) is 4.70. The van der Waals surface area contributed by atoms with E-state index in [2.05, 4.69) is 25.7 Å². The number of nitrogens with zero attached hydrogens (tertiary/aromatic N) is 5. The van der Waals surface area contributed by atoms with Crippen LogP contribution >= 0.6 is 0 Å². The van der Waals surface area contributed by atoms with Crippen molar-refractivity contribution in [2.75, 3.05) is 19.7 Å². The molecule has 0 bridgehead atoms. The highest BCUT2D eigenvalue weighted by atomic mass is 16.5. The first-order valence-electron chi connectivity index (χ1n) is 6.57. The van der Waals surface area contributed by atoms with Gasteiger partial charge in [0, 0.05) is 19.6 Å². The summed E-state index contributed by atoms with van der Waals surface area (Å²) >= 11 is 0. The van der Waals surface area contributed by atoms with Gasteiger partial charge >= 0.3 is 0 Å². The largest absolute Gasteiger partial charge is 0.492 e. The molecule has 0 atom stereocenters. The Morgan fingerprint density at radius 1 is 1.35 bits per heavy atom. The standard InChI is InChI=1S/C14H15N5O/c15-9-12-2-1-3-13(8-12)20-7-6-18-4-5-19-11-16-17-14(19)10-18/h1-3,8,11H,4-7,10H2. The zero-order valence-electron chi connectivity index (χ0n) is 11.1. The lowest BCUT2D eigenvalue weighted by atomic mass is 10.2. The van der Waals surface area contributed by atoms with Crippen LogP contribution in [0, 0.1) is 11.3 Å². The van der Waals surface area contributed by atoms with Gasteiger partial charge in [-0.1, -0.05) is 6.07 Å².